The van der Waals surface area contributed by atoms with Crippen molar-refractivity contribution in [2.45, 2.75) is 58.3 Å². The van der Waals surface area contributed by atoms with Gasteiger partial charge in [0, 0.05) is 0 Å². The number of unbranched alkanes of at least 4 members (excludes halogenated alkanes) is 6. The van der Waals surface area contributed by atoms with Gasteiger partial charge >= 0.3 is 7.60 Å². The molecule has 0 saturated carbocycles. The maximum Gasteiger partial charge on any atom is 0.356 e. The number of benzene rings is 1. The van der Waals surface area contributed by atoms with Gasteiger partial charge in [0.05, 0.1) is 5.30 Å². The van der Waals surface area contributed by atoms with Crippen LogP contribution in [0.15, 0.2) is 24.3 Å². The van der Waals surface area contributed by atoms with Gasteiger partial charge in [0.2, 0.25) is 0 Å². The predicted octanol–water partition coefficient (Wildman–Crippen LogP) is 3.78. The SMILES string of the molecule is CCCCCCCCCc1ccc(P(=O)(O)O)cc1. The van der Waals surface area contributed by atoms with Gasteiger partial charge in [-0.25, -0.2) is 0 Å². The van der Waals surface area contributed by atoms with E-state index >= 15 is 0 Å². The van der Waals surface area contributed by atoms with Crippen LogP contribution in [-0.2, 0) is 11.0 Å². The lowest BCUT2D eigenvalue weighted by Crippen LogP contribution is -2.03. The van der Waals surface area contributed by atoms with E-state index < -0.39 is 7.60 Å². The molecule has 0 aliphatic carbocycles. The monoisotopic (exact) mass is 284 g/mol. The Morgan fingerprint density at radius 2 is 1.42 bits per heavy atom. The van der Waals surface area contributed by atoms with Crippen LogP contribution in [0.1, 0.15) is 57.4 Å². The highest BCUT2D eigenvalue weighted by Gasteiger charge is 2.15. The molecule has 0 spiro atoms. The molecule has 4 heteroatoms. The highest BCUT2D eigenvalue weighted by Crippen LogP contribution is 2.32. The van der Waals surface area contributed by atoms with Crippen molar-refractivity contribution in [2.75, 3.05) is 0 Å². The highest BCUT2D eigenvalue weighted by atomic mass is 31.2. The molecule has 0 bridgehead atoms. The van der Waals surface area contributed by atoms with Crippen LogP contribution in [0.4, 0.5) is 0 Å². The molecule has 108 valence electrons. The summed E-state index contributed by atoms with van der Waals surface area (Å²) in [6.07, 6.45) is 9.97. The standard InChI is InChI=1S/C15H25O3P/c1-2-3-4-5-6-7-8-9-14-10-12-15(13-11-14)19(16,17)18/h10-13H,2-9H2,1H3,(H2,16,17,18). The summed E-state index contributed by atoms with van der Waals surface area (Å²) in [5.74, 6) is 0. The average molecular weight is 284 g/mol. The molecule has 0 aromatic heterocycles. The number of rotatable bonds is 9. The summed E-state index contributed by atoms with van der Waals surface area (Å²) in [5, 5.41) is 0.107. The van der Waals surface area contributed by atoms with Gasteiger partial charge in [-0.3, -0.25) is 4.57 Å². The van der Waals surface area contributed by atoms with E-state index in [1.165, 1.54) is 50.7 Å². The molecular formula is C15H25O3P. The van der Waals surface area contributed by atoms with Crippen LogP contribution < -0.4 is 5.30 Å². The molecule has 0 saturated heterocycles. The minimum Gasteiger partial charge on any atom is -0.321 e. The van der Waals surface area contributed by atoms with E-state index in [0.29, 0.717) is 0 Å². The largest absolute Gasteiger partial charge is 0.356 e. The third kappa shape index (κ3) is 6.91. The van der Waals surface area contributed by atoms with Crippen LogP contribution >= 0.6 is 7.60 Å². The Morgan fingerprint density at radius 3 is 1.95 bits per heavy atom. The minimum absolute atomic E-state index is 0.107. The van der Waals surface area contributed by atoms with Crippen LogP contribution in [0.5, 0.6) is 0 Å². The second kappa shape index (κ2) is 8.52. The summed E-state index contributed by atoms with van der Waals surface area (Å²) in [7, 11) is -4.09. The molecule has 0 atom stereocenters. The molecule has 2 N–H and O–H groups in total. The summed E-state index contributed by atoms with van der Waals surface area (Å²) in [6, 6.07) is 6.73. The van der Waals surface area contributed by atoms with E-state index in [2.05, 4.69) is 6.92 Å². The van der Waals surface area contributed by atoms with Gasteiger partial charge < -0.3 is 9.79 Å². The molecule has 0 unspecified atom stereocenters. The smallest absolute Gasteiger partial charge is 0.321 e. The first-order valence-corrected chi connectivity index (χ1v) is 8.80. The highest BCUT2D eigenvalue weighted by molar-refractivity contribution is 7.60. The second-order valence-corrected chi connectivity index (χ2v) is 6.69. The summed E-state index contributed by atoms with van der Waals surface area (Å²) in [4.78, 5) is 18.0. The van der Waals surface area contributed by atoms with Crippen LogP contribution in [0.3, 0.4) is 0 Å². The minimum atomic E-state index is -4.09. The molecule has 1 rings (SSSR count). The fourth-order valence-electron chi connectivity index (χ4n) is 2.14. The molecule has 0 amide bonds. The molecule has 3 nitrogen and oxygen atoms in total. The second-order valence-electron chi connectivity index (χ2n) is 5.08. The number of aryl methyl sites for hydroxylation is 1. The van der Waals surface area contributed by atoms with Crippen LogP contribution in [0.25, 0.3) is 0 Å². The van der Waals surface area contributed by atoms with Gasteiger partial charge in [0.1, 0.15) is 0 Å². The van der Waals surface area contributed by atoms with Crippen molar-refractivity contribution in [3.05, 3.63) is 29.8 Å². The zero-order valence-electron chi connectivity index (χ0n) is 11.7. The summed E-state index contributed by atoms with van der Waals surface area (Å²) in [6.45, 7) is 2.22. The van der Waals surface area contributed by atoms with E-state index in [1.807, 2.05) is 12.1 Å². The Morgan fingerprint density at radius 1 is 0.895 bits per heavy atom. The lowest BCUT2D eigenvalue weighted by Gasteiger charge is -2.06. The van der Waals surface area contributed by atoms with Gasteiger partial charge in [-0.2, -0.15) is 0 Å². The van der Waals surface area contributed by atoms with E-state index in [0.717, 1.165) is 18.4 Å². The van der Waals surface area contributed by atoms with Gasteiger partial charge in [-0.05, 0) is 30.5 Å². The average Bonchev–Trinajstić information content (AvgIpc) is 2.37. The lowest BCUT2D eigenvalue weighted by molar-refractivity contribution is 0.387. The molecule has 19 heavy (non-hydrogen) atoms. The first-order valence-electron chi connectivity index (χ1n) is 7.19. The van der Waals surface area contributed by atoms with Crippen molar-refractivity contribution in [3.63, 3.8) is 0 Å². The van der Waals surface area contributed by atoms with Crippen LogP contribution in [0, 0.1) is 0 Å². The number of hydrogen-bond donors (Lipinski definition) is 2. The van der Waals surface area contributed by atoms with Crippen molar-refractivity contribution in [1.82, 2.24) is 0 Å². The number of hydrogen-bond acceptors (Lipinski definition) is 1. The molecule has 1 aromatic carbocycles. The maximum atomic E-state index is 11.0. The van der Waals surface area contributed by atoms with Crippen molar-refractivity contribution >= 4 is 12.9 Å². The molecule has 0 radical (unpaired) electrons. The summed E-state index contributed by atoms with van der Waals surface area (Å²) in [5.41, 5.74) is 1.16. The molecule has 0 fully saturated rings. The Labute approximate surface area is 116 Å². The predicted molar refractivity (Wildman–Crippen MR) is 79.8 cm³/mol. The zero-order valence-corrected chi connectivity index (χ0v) is 12.6. The van der Waals surface area contributed by atoms with Crippen LogP contribution in [-0.4, -0.2) is 9.79 Å². The van der Waals surface area contributed by atoms with Crippen molar-refractivity contribution < 1.29 is 14.4 Å². The first-order chi connectivity index (χ1) is 9.04. The van der Waals surface area contributed by atoms with Gasteiger partial charge in [-0.15, -0.1) is 0 Å². The van der Waals surface area contributed by atoms with Crippen molar-refractivity contribution in [1.29, 1.82) is 0 Å². The quantitative estimate of drug-likeness (QED) is 0.536. The Balaban J connectivity index is 2.22. The van der Waals surface area contributed by atoms with E-state index in [-0.39, 0.29) is 5.30 Å². The van der Waals surface area contributed by atoms with E-state index in [4.69, 9.17) is 9.79 Å². The van der Waals surface area contributed by atoms with Crippen LogP contribution in [0.2, 0.25) is 0 Å². The van der Waals surface area contributed by atoms with E-state index in [9.17, 15) is 4.57 Å². The van der Waals surface area contributed by atoms with Gasteiger partial charge in [0.25, 0.3) is 0 Å². The molecule has 1 aromatic rings. The fraction of sp³-hybridized carbons (Fsp3) is 0.600. The fourth-order valence-corrected chi connectivity index (χ4v) is 2.68. The topological polar surface area (TPSA) is 57.5 Å². The molecular weight excluding hydrogens is 259 g/mol. The Hall–Kier alpha value is -0.630. The molecule has 0 aliphatic heterocycles. The maximum absolute atomic E-state index is 11.0. The van der Waals surface area contributed by atoms with Gasteiger partial charge in [0.15, 0.2) is 0 Å². The normalized spacial score (nSPS) is 11.7. The first kappa shape index (κ1) is 16.4. The molecule has 0 heterocycles. The Kier molecular flexibility index (Phi) is 7.37. The lowest BCUT2D eigenvalue weighted by atomic mass is 10.0. The third-order valence-electron chi connectivity index (χ3n) is 3.34. The summed E-state index contributed by atoms with van der Waals surface area (Å²) < 4.78 is 11.0. The molecule has 0 aliphatic rings. The van der Waals surface area contributed by atoms with Gasteiger partial charge in [-0.1, -0.05) is 57.6 Å². The Bertz CT molecular complexity index is 394. The third-order valence-corrected chi connectivity index (χ3v) is 4.31. The van der Waals surface area contributed by atoms with Crippen molar-refractivity contribution in [3.8, 4) is 0 Å². The van der Waals surface area contributed by atoms with Crippen molar-refractivity contribution in [2.24, 2.45) is 0 Å². The summed E-state index contributed by atoms with van der Waals surface area (Å²) >= 11 is 0. The van der Waals surface area contributed by atoms with E-state index in [1.54, 1.807) is 0 Å². The zero-order chi connectivity index (χ0) is 14.1.